The zero-order chi connectivity index (χ0) is 9.26. The third-order valence-electron chi connectivity index (χ3n) is 3.62. The number of hydrogen-bond acceptors (Lipinski definition) is 2. The SMILES string of the molecule is NC(CC1CCCC1)C(O)C1CC1. The minimum absolute atomic E-state index is 0.0515. The van der Waals surface area contributed by atoms with Crippen molar-refractivity contribution in [1.29, 1.82) is 0 Å². The second kappa shape index (κ2) is 3.97. The monoisotopic (exact) mass is 183 g/mol. The molecule has 0 bridgehead atoms. The van der Waals surface area contributed by atoms with Crippen LogP contribution in [0.15, 0.2) is 0 Å². The van der Waals surface area contributed by atoms with Crippen LogP contribution >= 0.6 is 0 Å². The Morgan fingerprint density at radius 2 is 1.77 bits per heavy atom. The highest BCUT2D eigenvalue weighted by Crippen LogP contribution is 2.36. The summed E-state index contributed by atoms with van der Waals surface area (Å²) in [7, 11) is 0. The van der Waals surface area contributed by atoms with Crippen LogP contribution in [0.5, 0.6) is 0 Å². The molecule has 0 heterocycles. The van der Waals surface area contributed by atoms with Crippen molar-refractivity contribution < 1.29 is 5.11 Å². The lowest BCUT2D eigenvalue weighted by molar-refractivity contribution is 0.111. The molecule has 2 rings (SSSR count). The van der Waals surface area contributed by atoms with Crippen LogP contribution in [0.3, 0.4) is 0 Å². The number of hydrogen-bond donors (Lipinski definition) is 2. The van der Waals surface area contributed by atoms with Gasteiger partial charge in [-0.25, -0.2) is 0 Å². The van der Waals surface area contributed by atoms with Crippen molar-refractivity contribution in [3.63, 3.8) is 0 Å². The summed E-state index contributed by atoms with van der Waals surface area (Å²) in [6.45, 7) is 0. The van der Waals surface area contributed by atoms with E-state index in [-0.39, 0.29) is 12.1 Å². The fraction of sp³-hybridized carbons (Fsp3) is 1.00. The minimum Gasteiger partial charge on any atom is -0.391 e. The van der Waals surface area contributed by atoms with Crippen LogP contribution in [0.4, 0.5) is 0 Å². The van der Waals surface area contributed by atoms with Gasteiger partial charge in [0, 0.05) is 6.04 Å². The van der Waals surface area contributed by atoms with Gasteiger partial charge in [0.2, 0.25) is 0 Å². The molecule has 2 fully saturated rings. The summed E-state index contributed by atoms with van der Waals surface area (Å²) in [4.78, 5) is 0. The van der Waals surface area contributed by atoms with Crippen LogP contribution in [-0.2, 0) is 0 Å². The number of aliphatic hydroxyl groups is 1. The van der Waals surface area contributed by atoms with Crippen LogP contribution in [0.2, 0.25) is 0 Å². The van der Waals surface area contributed by atoms with E-state index in [1.165, 1.54) is 38.5 Å². The molecule has 13 heavy (non-hydrogen) atoms. The van der Waals surface area contributed by atoms with Gasteiger partial charge in [-0.15, -0.1) is 0 Å². The maximum atomic E-state index is 9.79. The highest BCUT2D eigenvalue weighted by Gasteiger charge is 2.34. The van der Waals surface area contributed by atoms with E-state index < -0.39 is 0 Å². The molecule has 2 saturated carbocycles. The van der Waals surface area contributed by atoms with E-state index in [0.29, 0.717) is 5.92 Å². The summed E-state index contributed by atoms with van der Waals surface area (Å²) < 4.78 is 0. The topological polar surface area (TPSA) is 46.2 Å². The van der Waals surface area contributed by atoms with E-state index in [1.807, 2.05) is 0 Å². The molecule has 0 aromatic heterocycles. The smallest absolute Gasteiger partial charge is 0.0719 e. The zero-order valence-corrected chi connectivity index (χ0v) is 8.28. The molecule has 0 aromatic rings. The van der Waals surface area contributed by atoms with Crippen molar-refractivity contribution in [2.45, 2.75) is 57.1 Å². The molecule has 0 saturated heterocycles. The number of aliphatic hydroxyl groups excluding tert-OH is 1. The molecule has 0 radical (unpaired) electrons. The van der Waals surface area contributed by atoms with Gasteiger partial charge in [-0.05, 0) is 31.1 Å². The van der Waals surface area contributed by atoms with Gasteiger partial charge in [-0.1, -0.05) is 25.7 Å². The number of nitrogens with two attached hydrogens (primary N) is 1. The summed E-state index contributed by atoms with van der Waals surface area (Å²) in [5.41, 5.74) is 5.99. The van der Waals surface area contributed by atoms with Crippen molar-refractivity contribution in [3.05, 3.63) is 0 Å². The van der Waals surface area contributed by atoms with E-state index in [4.69, 9.17) is 5.73 Å². The Labute approximate surface area is 80.5 Å². The highest BCUT2D eigenvalue weighted by atomic mass is 16.3. The number of rotatable bonds is 4. The first-order chi connectivity index (χ1) is 6.27. The molecule has 0 spiro atoms. The van der Waals surface area contributed by atoms with Crippen LogP contribution in [0.25, 0.3) is 0 Å². The fourth-order valence-corrected chi connectivity index (χ4v) is 2.56. The molecule has 2 nitrogen and oxygen atoms in total. The normalized spacial score (nSPS) is 29.1. The minimum atomic E-state index is -0.208. The molecule has 3 N–H and O–H groups in total. The van der Waals surface area contributed by atoms with Crippen LogP contribution in [0, 0.1) is 11.8 Å². The molecule has 2 heteroatoms. The first-order valence-corrected chi connectivity index (χ1v) is 5.71. The second-order valence-electron chi connectivity index (χ2n) is 4.88. The van der Waals surface area contributed by atoms with Gasteiger partial charge in [-0.3, -0.25) is 0 Å². The lowest BCUT2D eigenvalue weighted by Crippen LogP contribution is -2.37. The van der Waals surface area contributed by atoms with Gasteiger partial charge < -0.3 is 10.8 Å². The molecular formula is C11H21NO. The summed E-state index contributed by atoms with van der Waals surface area (Å²) in [5, 5.41) is 9.79. The Hall–Kier alpha value is -0.0800. The summed E-state index contributed by atoms with van der Waals surface area (Å²) in [6, 6.07) is 0.0515. The first kappa shape index (κ1) is 9.47. The molecule has 2 atom stereocenters. The van der Waals surface area contributed by atoms with E-state index in [2.05, 4.69) is 0 Å². The third kappa shape index (κ3) is 2.44. The van der Waals surface area contributed by atoms with Crippen LogP contribution in [-0.4, -0.2) is 17.3 Å². The average molecular weight is 183 g/mol. The summed E-state index contributed by atoms with van der Waals surface area (Å²) in [5.74, 6) is 1.35. The van der Waals surface area contributed by atoms with Gasteiger partial charge in [-0.2, -0.15) is 0 Å². The lowest BCUT2D eigenvalue weighted by atomic mass is 9.94. The van der Waals surface area contributed by atoms with Crippen LogP contribution in [0.1, 0.15) is 44.9 Å². The van der Waals surface area contributed by atoms with Gasteiger partial charge in [0.05, 0.1) is 6.10 Å². The predicted octanol–water partition coefficient (Wildman–Crippen LogP) is 1.66. The third-order valence-corrected chi connectivity index (χ3v) is 3.62. The molecule has 76 valence electrons. The maximum absolute atomic E-state index is 9.79. The Balaban J connectivity index is 1.72. The van der Waals surface area contributed by atoms with Crippen LogP contribution < -0.4 is 5.73 Å². The van der Waals surface area contributed by atoms with E-state index in [9.17, 15) is 5.11 Å². The van der Waals surface area contributed by atoms with Gasteiger partial charge in [0.15, 0.2) is 0 Å². The Kier molecular flexibility index (Phi) is 2.89. The second-order valence-corrected chi connectivity index (χ2v) is 4.88. The van der Waals surface area contributed by atoms with E-state index in [1.54, 1.807) is 0 Å². The summed E-state index contributed by atoms with van der Waals surface area (Å²) >= 11 is 0. The highest BCUT2D eigenvalue weighted by molar-refractivity contribution is 4.88. The standard InChI is InChI=1S/C11H21NO/c12-10(11(13)9-5-6-9)7-8-3-1-2-4-8/h8-11,13H,1-7,12H2. The quantitative estimate of drug-likeness (QED) is 0.696. The summed E-state index contributed by atoms with van der Waals surface area (Å²) in [6.07, 6.45) is 8.65. The molecule has 0 aromatic carbocycles. The first-order valence-electron chi connectivity index (χ1n) is 5.71. The lowest BCUT2D eigenvalue weighted by Gasteiger charge is -2.21. The Morgan fingerprint density at radius 3 is 2.31 bits per heavy atom. The van der Waals surface area contributed by atoms with Crippen molar-refractivity contribution in [2.75, 3.05) is 0 Å². The van der Waals surface area contributed by atoms with Crippen molar-refractivity contribution in [2.24, 2.45) is 17.6 Å². The van der Waals surface area contributed by atoms with E-state index in [0.717, 1.165) is 12.3 Å². The molecule has 0 amide bonds. The molecule has 2 unspecified atom stereocenters. The van der Waals surface area contributed by atoms with Crippen molar-refractivity contribution in [3.8, 4) is 0 Å². The maximum Gasteiger partial charge on any atom is 0.0719 e. The molecular weight excluding hydrogens is 162 g/mol. The Morgan fingerprint density at radius 1 is 1.15 bits per heavy atom. The zero-order valence-electron chi connectivity index (χ0n) is 8.28. The van der Waals surface area contributed by atoms with E-state index >= 15 is 0 Å². The van der Waals surface area contributed by atoms with Gasteiger partial charge >= 0.3 is 0 Å². The predicted molar refractivity (Wildman–Crippen MR) is 53.3 cm³/mol. The average Bonchev–Trinajstić information content (AvgIpc) is 2.85. The van der Waals surface area contributed by atoms with Gasteiger partial charge in [0.25, 0.3) is 0 Å². The molecule has 0 aliphatic heterocycles. The molecule has 2 aliphatic rings. The van der Waals surface area contributed by atoms with Crippen molar-refractivity contribution in [1.82, 2.24) is 0 Å². The molecule has 2 aliphatic carbocycles. The van der Waals surface area contributed by atoms with Gasteiger partial charge in [0.1, 0.15) is 0 Å². The largest absolute Gasteiger partial charge is 0.391 e. The van der Waals surface area contributed by atoms with Crippen molar-refractivity contribution >= 4 is 0 Å². The Bertz CT molecular complexity index is 161. The fourth-order valence-electron chi connectivity index (χ4n) is 2.56.